The fourth-order valence-electron chi connectivity index (χ4n) is 5.55. The summed E-state index contributed by atoms with van der Waals surface area (Å²) in [6.07, 6.45) is 2.80. The highest BCUT2D eigenvalue weighted by Crippen LogP contribution is 2.47. The van der Waals surface area contributed by atoms with Crippen molar-refractivity contribution in [2.75, 3.05) is 19.7 Å². The number of hydrogen-bond donors (Lipinski definition) is 3. The van der Waals surface area contributed by atoms with Crippen LogP contribution in [-0.2, 0) is 31.0 Å². The fraction of sp³-hybridized carbons (Fsp3) is 0.467. The maximum Gasteiger partial charge on any atom is 0.247 e. The lowest BCUT2D eigenvalue weighted by Gasteiger charge is -2.33. The first-order valence-electron chi connectivity index (χ1n) is 14.1. The molecule has 0 bridgehead atoms. The predicted molar refractivity (Wildman–Crippen MR) is 160 cm³/mol. The van der Waals surface area contributed by atoms with Crippen molar-refractivity contribution in [1.29, 1.82) is 0 Å². The first kappa shape index (κ1) is 33.0. The summed E-state index contributed by atoms with van der Waals surface area (Å²) in [4.78, 5) is 28.4. The zero-order chi connectivity index (χ0) is 31.6. The molecule has 0 saturated heterocycles. The van der Waals surface area contributed by atoms with E-state index in [-0.39, 0.29) is 36.8 Å². The van der Waals surface area contributed by atoms with Crippen molar-refractivity contribution >= 4 is 38.3 Å². The lowest BCUT2D eigenvalue weighted by atomic mass is 9.87. The van der Waals surface area contributed by atoms with Crippen molar-refractivity contribution < 1.29 is 31.5 Å². The predicted octanol–water partition coefficient (Wildman–Crippen LogP) is 3.86. The quantitative estimate of drug-likeness (QED) is 0.343. The maximum atomic E-state index is 14.0. The molecular weight excluding hydrogens is 602 g/mol. The van der Waals surface area contributed by atoms with E-state index in [4.69, 9.17) is 22.1 Å². The van der Waals surface area contributed by atoms with Gasteiger partial charge in [-0.25, -0.2) is 21.9 Å². The van der Waals surface area contributed by atoms with Crippen molar-refractivity contribution in [2.24, 2.45) is 5.73 Å². The van der Waals surface area contributed by atoms with Gasteiger partial charge in [-0.1, -0.05) is 36.6 Å². The third-order valence-electron chi connectivity index (χ3n) is 7.72. The summed E-state index contributed by atoms with van der Waals surface area (Å²) in [6, 6.07) is 8.25. The van der Waals surface area contributed by atoms with Gasteiger partial charge in [0, 0.05) is 24.2 Å². The second-order valence-electron chi connectivity index (χ2n) is 11.6. The van der Waals surface area contributed by atoms with E-state index in [0.717, 1.165) is 31.0 Å². The van der Waals surface area contributed by atoms with E-state index < -0.39 is 50.6 Å². The first-order valence-corrected chi connectivity index (χ1v) is 16.0. The highest BCUT2D eigenvalue weighted by molar-refractivity contribution is 7.99. The number of likely N-dealkylation sites (N-methyl/N-ethyl adjacent to an activating group) is 1. The number of rotatable bonds is 11. The molecule has 234 valence electrons. The number of benzene rings is 2. The zero-order valence-corrected chi connectivity index (χ0v) is 26.0. The van der Waals surface area contributed by atoms with Crippen LogP contribution >= 0.6 is 11.6 Å². The van der Waals surface area contributed by atoms with Crippen LogP contribution in [0.3, 0.4) is 0 Å². The molecule has 4 N–H and O–H groups in total. The van der Waals surface area contributed by atoms with Gasteiger partial charge in [-0.15, -0.1) is 0 Å². The normalized spacial score (nSPS) is 18.2. The number of carbonyl (C=O) groups excluding carboxylic acids is 2. The van der Waals surface area contributed by atoms with Crippen LogP contribution in [0.25, 0.3) is 4.91 Å². The van der Waals surface area contributed by atoms with E-state index in [1.807, 2.05) is 0 Å². The standard InChI is InChI=1S/C30H37ClF2N4O5S/c1-4-37(16-24-26(20-7-9-21(31)10-8-20)43(40,41)36-30(24)11-5-6-12-30)27(38)25(35-28(39)29(2,3)34)18-42-17-19-13-22(32)15-23(33)14-19/h7-10,13-15,25,36H,4-6,11-12,16-18,34H2,1-3H3,(H,35,39)/t25-/m1/s1. The number of carbonyl (C=O) groups is 2. The number of amides is 2. The average Bonchev–Trinajstić information content (AvgIpc) is 3.46. The van der Waals surface area contributed by atoms with Gasteiger partial charge in [0.2, 0.25) is 21.8 Å². The van der Waals surface area contributed by atoms with Crippen LogP contribution in [0, 0.1) is 11.6 Å². The number of hydrogen-bond acceptors (Lipinski definition) is 6. The number of nitrogens with zero attached hydrogens (tertiary/aromatic N) is 1. The molecule has 1 saturated carbocycles. The summed E-state index contributed by atoms with van der Waals surface area (Å²) in [6.45, 7) is 4.36. The molecule has 1 fully saturated rings. The SMILES string of the molecule is CCN(CC1=C(c2ccc(Cl)cc2)S(=O)(=O)NC12CCCC2)C(=O)[C@@H](COCc1cc(F)cc(F)c1)NC(=O)C(C)(C)N. The van der Waals surface area contributed by atoms with Crippen LogP contribution in [0.2, 0.25) is 5.02 Å². The van der Waals surface area contributed by atoms with E-state index in [0.29, 0.717) is 29.0 Å². The molecule has 13 heteroatoms. The van der Waals surface area contributed by atoms with Gasteiger partial charge in [0.1, 0.15) is 17.7 Å². The minimum atomic E-state index is -3.91. The third kappa shape index (κ3) is 7.61. The van der Waals surface area contributed by atoms with E-state index in [1.54, 1.807) is 31.2 Å². The molecule has 2 aliphatic rings. The molecule has 2 aromatic rings. The molecule has 1 aliphatic heterocycles. The second-order valence-corrected chi connectivity index (χ2v) is 13.7. The Morgan fingerprint density at radius 3 is 2.30 bits per heavy atom. The summed E-state index contributed by atoms with van der Waals surface area (Å²) in [5.41, 5.74) is 5.06. The number of halogens is 3. The Hall–Kier alpha value is -2.90. The molecule has 2 aromatic carbocycles. The molecule has 0 aromatic heterocycles. The zero-order valence-electron chi connectivity index (χ0n) is 24.4. The van der Waals surface area contributed by atoms with Gasteiger partial charge >= 0.3 is 0 Å². The van der Waals surface area contributed by atoms with Crippen molar-refractivity contribution in [3.8, 4) is 0 Å². The van der Waals surface area contributed by atoms with Crippen LogP contribution in [0.5, 0.6) is 0 Å². The van der Waals surface area contributed by atoms with E-state index in [2.05, 4.69) is 10.0 Å². The highest BCUT2D eigenvalue weighted by atomic mass is 35.5. The van der Waals surface area contributed by atoms with Crippen LogP contribution in [0.1, 0.15) is 57.6 Å². The van der Waals surface area contributed by atoms with Gasteiger partial charge in [-0.3, -0.25) is 9.59 Å². The Balaban J connectivity index is 1.65. The molecule has 4 rings (SSSR count). The average molecular weight is 639 g/mol. The Kier molecular flexibility index (Phi) is 9.97. The van der Waals surface area contributed by atoms with Gasteiger partial charge < -0.3 is 20.7 Å². The number of sulfonamides is 1. The van der Waals surface area contributed by atoms with E-state index in [9.17, 15) is 26.8 Å². The van der Waals surface area contributed by atoms with E-state index >= 15 is 0 Å². The highest BCUT2D eigenvalue weighted by Gasteiger charge is 2.50. The third-order valence-corrected chi connectivity index (χ3v) is 9.65. The molecule has 43 heavy (non-hydrogen) atoms. The minimum absolute atomic E-state index is 0.0208. The number of nitrogens with one attached hydrogen (secondary N) is 2. The molecule has 9 nitrogen and oxygen atoms in total. The van der Waals surface area contributed by atoms with Crippen LogP contribution < -0.4 is 15.8 Å². The van der Waals surface area contributed by atoms with Crippen molar-refractivity contribution in [1.82, 2.24) is 14.9 Å². The van der Waals surface area contributed by atoms with Crippen molar-refractivity contribution in [3.63, 3.8) is 0 Å². The van der Waals surface area contributed by atoms with Gasteiger partial charge in [0.15, 0.2) is 0 Å². The summed E-state index contributed by atoms with van der Waals surface area (Å²) >= 11 is 6.07. The second kappa shape index (κ2) is 13.0. The molecule has 1 heterocycles. The van der Waals surface area contributed by atoms with Crippen LogP contribution in [-0.4, -0.2) is 61.9 Å². The topological polar surface area (TPSA) is 131 Å². The maximum absolute atomic E-state index is 14.0. The number of nitrogens with two attached hydrogens (primary N) is 1. The summed E-state index contributed by atoms with van der Waals surface area (Å²) in [7, 11) is -3.91. The van der Waals surface area contributed by atoms with Gasteiger partial charge in [-0.2, -0.15) is 0 Å². The van der Waals surface area contributed by atoms with Gasteiger partial charge in [0.05, 0.1) is 29.2 Å². The van der Waals surface area contributed by atoms with Crippen LogP contribution in [0.15, 0.2) is 48.0 Å². The number of ether oxygens (including phenoxy) is 1. The Labute approximate surface area is 255 Å². The van der Waals surface area contributed by atoms with E-state index in [1.165, 1.54) is 18.7 Å². The molecule has 1 spiro atoms. The first-order chi connectivity index (χ1) is 20.1. The molecule has 1 aliphatic carbocycles. The van der Waals surface area contributed by atoms with Crippen molar-refractivity contribution in [3.05, 3.63) is 75.8 Å². The molecule has 1 atom stereocenters. The lowest BCUT2D eigenvalue weighted by molar-refractivity contribution is -0.139. The lowest BCUT2D eigenvalue weighted by Crippen LogP contribution is -2.58. The molecular formula is C30H37ClF2N4O5S. The summed E-state index contributed by atoms with van der Waals surface area (Å²) in [5, 5.41) is 3.10. The molecule has 0 radical (unpaired) electrons. The largest absolute Gasteiger partial charge is 0.374 e. The Morgan fingerprint density at radius 2 is 1.74 bits per heavy atom. The Morgan fingerprint density at radius 1 is 1.14 bits per heavy atom. The molecule has 2 amide bonds. The molecule has 0 unspecified atom stereocenters. The fourth-order valence-corrected chi connectivity index (χ4v) is 7.65. The summed E-state index contributed by atoms with van der Waals surface area (Å²) < 4.78 is 62.9. The van der Waals surface area contributed by atoms with Crippen LogP contribution in [0.4, 0.5) is 8.78 Å². The Bertz CT molecular complexity index is 1480. The van der Waals surface area contributed by atoms with Gasteiger partial charge in [0.25, 0.3) is 0 Å². The smallest absolute Gasteiger partial charge is 0.247 e. The van der Waals surface area contributed by atoms with Crippen molar-refractivity contribution in [2.45, 2.75) is 70.2 Å². The van der Waals surface area contributed by atoms with Gasteiger partial charge in [-0.05, 0) is 74.6 Å². The monoisotopic (exact) mass is 638 g/mol. The minimum Gasteiger partial charge on any atom is -0.374 e. The summed E-state index contributed by atoms with van der Waals surface area (Å²) in [5.74, 6) is -2.67.